The summed E-state index contributed by atoms with van der Waals surface area (Å²) in [6.45, 7) is 10.5. The van der Waals surface area contributed by atoms with Crippen molar-refractivity contribution >= 4 is 5.71 Å². The van der Waals surface area contributed by atoms with Gasteiger partial charge in [0.15, 0.2) is 0 Å². The molecule has 0 saturated carbocycles. The fourth-order valence-electron chi connectivity index (χ4n) is 2.49. The molecule has 0 unspecified atom stereocenters. The van der Waals surface area contributed by atoms with Gasteiger partial charge in [0.05, 0.1) is 18.9 Å². The summed E-state index contributed by atoms with van der Waals surface area (Å²) in [5.74, 6) is 1.83. The standard InChI is InChI=1S/C22H33NO4/c1-6-7-14-26-21-16-18(2)22(19(3)17-21)27-15-9-8-12-25-13-10-11-20(4)23-24-5/h6-7,10-11,16-17H,8-9,12-15H2,1-5H3/b7-6+,11-10+,23-20+. The van der Waals surface area contributed by atoms with Crippen LogP contribution < -0.4 is 9.47 Å². The van der Waals surface area contributed by atoms with Gasteiger partial charge in [0.2, 0.25) is 0 Å². The predicted octanol–water partition coefficient (Wildman–Crippen LogP) is 5.01. The maximum Gasteiger partial charge on any atom is 0.125 e. The number of nitrogens with zero attached hydrogens (tertiary/aromatic N) is 1. The lowest BCUT2D eigenvalue weighted by atomic mass is 10.1. The van der Waals surface area contributed by atoms with E-state index >= 15 is 0 Å². The van der Waals surface area contributed by atoms with Crippen molar-refractivity contribution < 1.29 is 19.0 Å². The van der Waals surface area contributed by atoms with Crippen molar-refractivity contribution in [2.75, 3.05) is 33.5 Å². The molecule has 1 rings (SSSR count). The zero-order chi connectivity index (χ0) is 19.9. The van der Waals surface area contributed by atoms with E-state index < -0.39 is 0 Å². The van der Waals surface area contributed by atoms with Crippen LogP contribution in [0.1, 0.15) is 37.8 Å². The van der Waals surface area contributed by atoms with Gasteiger partial charge in [0.1, 0.15) is 25.2 Å². The van der Waals surface area contributed by atoms with Gasteiger partial charge in [-0.3, -0.25) is 0 Å². The number of unbranched alkanes of at least 4 members (excludes halogenated alkanes) is 1. The molecule has 0 amide bonds. The van der Waals surface area contributed by atoms with E-state index in [9.17, 15) is 0 Å². The fraction of sp³-hybridized carbons (Fsp3) is 0.500. The highest BCUT2D eigenvalue weighted by Gasteiger charge is 2.07. The average Bonchev–Trinajstić information content (AvgIpc) is 2.62. The van der Waals surface area contributed by atoms with Crippen LogP contribution in [-0.2, 0) is 9.57 Å². The van der Waals surface area contributed by atoms with Gasteiger partial charge in [-0.2, -0.15) is 0 Å². The van der Waals surface area contributed by atoms with Gasteiger partial charge in [-0.05, 0) is 69.9 Å². The molecular weight excluding hydrogens is 342 g/mol. The second kappa shape index (κ2) is 13.9. The molecule has 27 heavy (non-hydrogen) atoms. The Labute approximate surface area is 163 Å². The monoisotopic (exact) mass is 375 g/mol. The lowest BCUT2D eigenvalue weighted by molar-refractivity contribution is 0.152. The molecule has 0 aliphatic rings. The second-order valence-electron chi connectivity index (χ2n) is 6.21. The van der Waals surface area contributed by atoms with Crippen LogP contribution in [0.25, 0.3) is 0 Å². The molecule has 5 nitrogen and oxygen atoms in total. The number of oxime groups is 1. The summed E-state index contributed by atoms with van der Waals surface area (Å²) < 4.78 is 17.2. The third-order valence-corrected chi connectivity index (χ3v) is 3.75. The van der Waals surface area contributed by atoms with Gasteiger partial charge < -0.3 is 19.0 Å². The molecule has 0 bridgehead atoms. The zero-order valence-electron chi connectivity index (χ0n) is 17.3. The smallest absolute Gasteiger partial charge is 0.125 e. The number of allylic oxidation sites excluding steroid dienone is 2. The van der Waals surface area contributed by atoms with Crippen molar-refractivity contribution in [3.63, 3.8) is 0 Å². The lowest BCUT2D eigenvalue weighted by Gasteiger charge is -2.14. The Morgan fingerprint density at radius 2 is 1.70 bits per heavy atom. The Hall–Kier alpha value is -2.27. The van der Waals surface area contributed by atoms with E-state index in [1.54, 1.807) is 0 Å². The molecule has 1 aromatic carbocycles. The van der Waals surface area contributed by atoms with Gasteiger partial charge in [-0.1, -0.05) is 23.4 Å². The summed E-state index contributed by atoms with van der Waals surface area (Å²) in [7, 11) is 1.53. The van der Waals surface area contributed by atoms with Crippen molar-refractivity contribution in [2.45, 2.75) is 40.5 Å². The van der Waals surface area contributed by atoms with E-state index in [4.69, 9.17) is 14.2 Å². The second-order valence-corrected chi connectivity index (χ2v) is 6.21. The minimum Gasteiger partial charge on any atom is -0.493 e. The molecule has 0 N–H and O–H groups in total. The van der Waals surface area contributed by atoms with Gasteiger partial charge >= 0.3 is 0 Å². The van der Waals surface area contributed by atoms with Crippen molar-refractivity contribution in [3.05, 3.63) is 47.6 Å². The topological polar surface area (TPSA) is 49.3 Å². The van der Waals surface area contributed by atoms with Crippen LogP contribution in [0.3, 0.4) is 0 Å². The SMILES string of the molecule is C/C=C/COc1cc(C)c(OCCCCOC/C=C/C(C)=N/OC)c(C)c1. The predicted molar refractivity (Wildman–Crippen MR) is 111 cm³/mol. The summed E-state index contributed by atoms with van der Waals surface area (Å²) in [6, 6.07) is 4.05. The molecule has 0 saturated heterocycles. The summed E-state index contributed by atoms with van der Waals surface area (Å²) in [5.41, 5.74) is 3.01. The van der Waals surface area contributed by atoms with E-state index in [1.807, 2.05) is 50.3 Å². The molecule has 0 aromatic heterocycles. The molecule has 0 radical (unpaired) electrons. The fourth-order valence-corrected chi connectivity index (χ4v) is 2.49. The first-order valence-corrected chi connectivity index (χ1v) is 9.38. The molecule has 150 valence electrons. The Balaban J connectivity index is 2.25. The highest BCUT2D eigenvalue weighted by molar-refractivity contribution is 5.92. The van der Waals surface area contributed by atoms with Gasteiger partial charge in [0, 0.05) is 6.61 Å². The highest BCUT2D eigenvalue weighted by atomic mass is 16.6. The summed E-state index contributed by atoms with van der Waals surface area (Å²) in [5, 5.41) is 3.80. The molecule has 0 fully saturated rings. The Bertz CT molecular complexity index is 612. The van der Waals surface area contributed by atoms with E-state index in [-0.39, 0.29) is 0 Å². The summed E-state index contributed by atoms with van der Waals surface area (Å²) in [4.78, 5) is 4.68. The third-order valence-electron chi connectivity index (χ3n) is 3.75. The van der Waals surface area contributed by atoms with Crippen LogP contribution >= 0.6 is 0 Å². The minimum absolute atomic E-state index is 0.574. The molecule has 0 aliphatic carbocycles. The maximum absolute atomic E-state index is 5.97. The molecule has 0 heterocycles. The van der Waals surface area contributed by atoms with Crippen LogP contribution in [0.2, 0.25) is 0 Å². The normalized spacial score (nSPS) is 12.1. The number of hydrogen-bond acceptors (Lipinski definition) is 5. The van der Waals surface area contributed by atoms with Crippen molar-refractivity contribution in [3.8, 4) is 11.5 Å². The van der Waals surface area contributed by atoms with Crippen LogP contribution in [0.5, 0.6) is 11.5 Å². The van der Waals surface area contributed by atoms with Gasteiger partial charge in [-0.25, -0.2) is 0 Å². The first kappa shape index (κ1) is 22.8. The molecule has 0 spiro atoms. The largest absolute Gasteiger partial charge is 0.493 e. The van der Waals surface area contributed by atoms with E-state index in [0.29, 0.717) is 26.4 Å². The molecule has 0 aliphatic heterocycles. The quantitative estimate of drug-likeness (QED) is 0.210. The average molecular weight is 376 g/mol. The van der Waals surface area contributed by atoms with Crippen LogP contribution in [0.15, 0.2) is 41.6 Å². The number of ether oxygens (including phenoxy) is 3. The number of hydrogen-bond donors (Lipinski definition) is 0. The van der Waals surface area contributed by atoms with Crippen LogP contribution in [0.4, 0.5) is 0 Å². The van der Waals surface area contributed by atoms with Crippen LogP contribution in [0, 0.1) is 13.8 Å². The van der Waals surface area contributed by atoms with Gasteiger partial charge in [0.25, 0.3) is 0 Å². The van der Waals surface area contributed by atoms with Crippen LogP contribution in [-0.4, -0.2) is 39.2 Å². The molecule has 0 atom stereocenters. The van der Waals surface area contributed by atoms with Crippen molar-refractivity contribution in [1.82, 2.24) is 0 Å². The van der Waals surface area contributed by atoms with E-state index in [1.165, 1.54) is 7.11 Å². The highest BCUT2D eigenvalue weighted by Crippen LogP contribution is 2.28. The number of aryl methyl sites for hydroxylation is 2. The summed E-state index contributed by atoms with van der Waals surface area (Å²) >= 11 is 0. The summed E-state index contributed by atoms with van der Waals surface area (Å²) in [6.07, 6.45) is 9.69. The maximum atomic E-state index is 5.97. The minimum atomic E-state index is 0.574. The third kappa shape index (κ3) is 9.85. The molecular formula is C22H33NO4. The Morgan fingerprint density at radius 3 is 2.37 bits per heavy atom. The van der Waals surface area contributed by atoms with E-state index in [2.05, 4.69) is 23.8 Å². The lowest BCUT2D eigenvalue weighted by Crippen LogP contribution is -2.04. The number of benzene rings is 1. The first-order chi connectivity index (χ1) is 13.1. The Kier molecular flexibility index (Phi) is 11.7. The molecule has 1 aromatic rings. The Morgan fingerprint density at radius 1 is 1.00 bits per heavy atom. The van der Waals surface area contributed by atoms with Crippen molar-refractivity contribution in [1.29, 1.82) is 0 Å². The van der Waals surface area contributed by atoms with E-state index in [0.717, 1.165) is 41.2 Å². The molecule has 5 heteroatoms. The van der Waals surface area contributed by atoms with Crippen molar-refractivity contribution in [2.24, 2.45) is 5.16 Å². The first-order valence-electron chi connectivity index (χ1n) is 9.38. The van der Waals surface area contributed by atoms with Gasteiger partial charge in [-0.15, -0.1) is 0 Å². The zero-order valence-corrected chi connectivity index (χ0v) is 17.3. The number of rotatable bonds is 13.